The first-order chi connectivity index (χ1) is 12.9. The van der Waals surface area contributed by atoms with E-state index in [0.29, 0.717) is 0 Å². The summed E-state index contributed by atoms with van der Waals surface area (Å²) in [5, 5.41) is 37.9. The van der Waals surface area contributed by atoms with Crippen molar-refractivity contribution in [3.05, 3.63) is 56.6 Å². The number of aromatic carboxylic acids is 4. The standard InChI is InChI=1S/C20H18O8/c1-7-11(17(21)22)5-12(18(23)24)8(2)15(7)16-9(3)13(19(25)26)6-14(10(16)4)20(27)28/h5-6H,1-4H3,(H,21,22)(H,23,24)(H,25,26)(H,27,28). The molecule has 0 heterocycles. The van der Waals surface area contributed by atoms with Gasteiger partial charge in [0, 0.05) is 0 Å². The van der Waals surface area contributed by atoms with E-state index in [4.69, 9.17) is 0 Å². The first-order valence-corrected chi connectivity index (χ1v) is 8.12. The molecule has 0 spiro atoms. The van der Waals surface area contributed by atoms with Crippen LogP contribution in [0.5, 0.6) is 0 Å². The lowest BCUT2D eigenvalue weighted by atomic mass is 9.82. The molecule has 4 N–H and O–H groups in total. The van der Waals surface area contributed by atoms with E-state index in [1.807, 2.05) is 0 Å². The summed E-state index contributed by atoms with van der Waals surface area (Å²) in [5.41, 5.74) is 0.281. The molecule has 0 fully saturated rings. The average molecular weight is 386 g/mol. The van der Waals surface area contributed by atoms with Gasteiger partial charge in [-0.3, -0.25) is 0 Å². The van der Waals surface area contributed by atoms with E-state index in [1.165, 1.54) is 27.7 Å². The highest BCUT2D eigenvalue weighted by Crippen LogP contribution is 2.38. The van der Waals surface area contributed by atoms with E-state index in [1.54, 1.807) is 0 Å². The Bertz CT molecular complexity index is 901. The molecule has 2 rings (SSSR count). The molecule has 0 aliphatic rings. The van der Waals surface area contributed by atoms with Gasteiger partial charge in [-0.1, -0.05) is 0 Å². The van der Waals surface area contributed by atoms with Crippen molar-refractivity contribution >= 4 is 23.9 Å². The molecular formula is C20H18O8. The molecule has 0 aliphatic carbocycles. The van der Waals surface area contributed by atoms with Gasteiger partial charge < -0.3 is 20.4 Å². The number of hydrogen-bond donors (Lipinski definition) is 4. The normalized spacial score (nSPS) is 10.6. The maximum atomic E-state index is 11.6. The lowest BCUT2D eigenvalue weighted by Gasteiger charge is -2.21. The van der Waals surface area contributed by atoms with Crippen molar-refractivity contribution in [3.63, 3.8) is 0 Å². The second-order valence-electron chi connectivity index (χ2n) is 6.41. The van der Waals surface area contributed by atoms with Crippen LogP contribution in [0, 0.1) is 27.7 Å². The molecule has 0 bridgehead atoms. The van der Waals surface area contributed by atoms with Crippen LogP contribution in [-0.2, 0) is 0 Å². The van der Waals surface area contributed by atoms with Crippen LogP contribution in [-0.4, -0.2) is 44.3 Å². The summed E-state index contributed by atoms with van der Waals surface area (Å²) >= 11 is 0. The van der Waals surface area contributed by atoms with Crippen LogP contribution < -0.4 is 0 Å². The average Bonchev–Trinajstić information content (AvgIpc) is 2.56. The summed E-state index contributed by atoms with van der Waals surface area (Å²) in [7, 11) is 0. The minimum atomic E-state index is -1.34. The van der Waals surface area contributed by atoms with Crippen molar-refractivity contribution in [1.82, 2.24) is 0 Å². The van der Waals surface area contributed by atoms with Crippen LogP contribution in [0.1, 0.15) is 63.7 Å². The van der Waals surface area contributed by atoms with Crippen molar-refractivity contribution in [2.75, 3.05) is 0 Å². The first-order valence-electron chi connectivity index (χ1n) is 8.12. The number of carboxylic acid groups (broad SMARTS) is 4. The number of benzene rings is 2. The van der Waals surface area contributed by atoms with Gasteiger partial charge in [0.1, 0.15) is 0 Å². The van der Waals surface area contributed by atoms with E-state index in [2.05, 4.69) is 0 Å². The van der Waals surface area contributed by atoms with Gasteiger partial charge in [-0.15, -0.1) is 0 Å². The highest BCUT2D eigenvalue weighted by molar-refractivity contribution is 6.04. The van der Waals surface area contributed by atoms with Crippen molar-refractivity contribution in [2.24, 2.45) is 0 Å². The Morgan fingerprint density at radius 2 is 0.679 bits per heavy atom. The third-order valence-electron chi connectivity index (χ3n) is 4.87. The molecule has 146 valence electrons. The number of hydrogen-bond acceptors (Lipinski definition) is 4. The van der Waals surface area contributed by atoms with Gasteiger partial charge in [0.05, 0.1) is 22.3 Å². The highest BCUT2D eigenvalue weighted by atomic mass is 16.4. The monoisotopic (exact) mass is 386 g/mol. The summed E-state index contributed by atoms with van der Waals surface area (Å²) in [4.78, 5) is 46.5. The summed E-state index contributed by atoms with van der Waals surface area (Å²) in [6.45, 7) is 5.91. The summed E-state index contributed by atoms with van der Waals surface area (Å²) in [6.07, 6.45) is 0. The van der Waals surface area contributed by atoms with Crippen molar-refractivity contribution in [2.45, 2.75) is 27.7 Å². The quantitative estimate of drug-likeness (QED) is 0.611. The van der Waals surface area contributed by atoms with E-state index in [-0.39, 0.29) is 55.6 Å². The molecule has 28 heavy (non-hydrogen) atoms. The Morgan fingerprint density at radius 3 is 0.821 bits per heavy atom. The Balaban J connectivity index is 3.15. The third kappa shape index (κ3) is 3.20. The predicted molar refractivity (Wildman–Crippen MR) is 98.7 cm³/mol. The number of rotatable bonds is 5. The van der Waals surface area contributed by atoms with Gasteiger partial charge in [-0.25, -0.2) is 19.2 Å². The van der Waals surface area contributed by atoms with Crippen molar-refractivity contribution in [3.8, 4) is 11.1 Å². The van der Waals surface area contributed by atoms with E-state index >= 15 is 0 Å². The fourth-order valence-corrected chi connectivity index (χ4v) is 3.46. The molecule has 0 atom stereocenters. The number of carboxylic acids is 4. The predicted octanol–water partition coefficient (Wildman–Crippen LogP) is 3.38. The molecule has 8 nitrogen and oxygen atoms in total. The van der Waals surface area contributed by atoms with Crippen LogP contribution in [0.3, 0.4) is 0 Å². The topological polar surface area (TPSA) is 149 Å². The van der Waals surface area contributed by atoms with Crippen LogP contribution in [0.15, 0.2) is 12.1 Å². The van der Waals surface area contributed by atoms with Gasteiger partial charge in [0.15, 0.2) is 0 Å². The molecule has 0 saturated carbocycles. The van der Waals surface area contributed by atoms with Gasteiger partial charge in [-0.2, -0.15) is 0 Å². The van der Waals surface area contributed by atoms with E-state index in [9.17, 15) is 39.6 Å². The second-order valence-corrected chi connectivity index (χ2v) is 6.41. The second kappa shape index (κ2) is 7.15. The van der Waals surface area contributed by atoms with Crippen molar-refractivity contribution in [1.29, 1.82) is 0 Å². The molecular weight excluding hydrogens is 368 g/mol. The molecule has 0 radical (unpaired) electrons. The van der Waals surface area contributed by atoms with Gasteiger partial charge in [0.25, 0.3) is 0 Å². The van der Waals surface area contributed by atoms with E-state index < -0.39 is 23.9 Å². The maximum Gasteiger partial charge on any atom is 0.335 e. The molecule has 8 heteroatoms. The van der Waals surface area contributed by atoms with Gasteiger partial charge in [-0.05, 0) is 73.2 Å². The molecule has 0 aliphatic heterocycles. The van der Waals surface area contributed by atoms with Gasteiger partial charge in [0.2, 0.25) is 0 Å². The molecule has 0 aromatic heterocycles. The fraction of sp³-hybridized carbons (Fsp3) is 0.200. The SMILES string of the molecule is Cc1c(C(=O)O)cc(C(=O)O)c(C)c1-c1c(C)c(C(=O)O)cc(C(=O)O)c1C. The van der Waals surface area contributed by atoms with E-state index in [0.717, 1.165) is 12.1 Å². The smallest absolute Gasteiger partial charge is 0.335 e. The van der Waals surface area contributed by atoms with Crippen LogP contribution in [0.4, 0.5) is 0 Å². The number of carbonyl (C=O) groups is 4. The minimum Gasteiger partial charge on any atom is -0.478 e. The lowest BCUT2D eigenvalue weighted by Crippen LogP contribution is -2.13. The zero-order chi connectivity index (χ0) is 21.5. The largest absolute Gasteiger partial charge is 0.478 e. The zero-order valence-corrected chi connectivity index (χ0v) is 15.6. The Morgan fingerprint density at radius 1 is 0.500 bits per heavy atom. The van der Waals surface area contributed by atoms with Crippen molar-refractivity contribution < 1.29 is 39.6 Å². The van der Waals surface area contributed by atoms with Crippen LogP contribution in [0.2, 0.25) is 0 Å². The summed E-state index contributed by atoms with van der Waals surface area (Å²) < 4.78 is 0. The molecule has 0 unspecified atom stereocenters. The highest BCUT2D eigenvalue weighted by Gasteiger charge is 2.27. The van der Waals surface area contributed by atoms with Crippen LogP contribution >= 0.6 is 0 Å². The van der Waals surface area contributed by atoms with Crippen LogP contribution in [0.25, 0.3) is 11.1 Å². The summed E-state index contributed by atoms with van der Waals surface area (Å²) in [6, 6.07) is 2.09. The Hall–Kier alpha value is -3.68. The molecule has 2 aromatic rings. The maximum absolute atomic E-state index is 11.6. The Kier molecular flexibility index (Phi) is 5.27. The first kappa shape index (κ1) is 20.6. The Labute approximate surface area is 159 Å². The molecule has 2 aromatic carbocycles. The molecule has 0 saturated heterocycles. The van der Waals surface area contributed by atoms with Gasteiger partial charge >= 0.3 is 23.9 Å². The minimum absolute atomic E-state index is 0.206. The summed E-state index contributed by atoms with van der Waals surface area (Å²) in [5.74, 6) is -5.37. The third-order valence-corrected chi connectivity index (χ3v) is 4.87. The zero-order valence-electron chi connectivity index (χ0n) is 15.6. The molecule has 0 amide bonds. The fourth-order valence-electron chi connectivity index (χ4n) is 3.46. The lowest BCUT2D eigenvalue weighted by molar-refractivity contribution is 0.0674.